The second-order valence-corrected chi connectivity index (χ2v) is 5.01. The highest BCUT2D eigenvalue weighted by molar-refractivity contribution is 5.77. The summed E-state index contributed by atoms with van der Waals surface area (Å²) in [6.45, 7) is 8.05. The molecule has 1 amide bonds. The van der Waals surface area contributed by atoms with Gasteiger partial charge in [0.2, 0.25) is 5.91 Å². The molecule has 0 bridgehead atoms. The Morgan fingerprint density at radius 3 is 2.69 bits per heavy atom. The van der Waals surface area contributed by atoms with E-state index < -0.39 is 0 Å². The third kappa shape index (κ3) is 3.65. The molecule has 16 heavy (non-hydrogen) atoms. The summed E-state index contributed by atoms with van der Waals surface area (Å²) in [4.78, 5) is 15.8. The molecular formula is C13H20N2O. The Morgan fingerprint density at radius 2 is 2.19 bits per heavy atom. The molecule has 0 spiro atoms. The fourth-order valence-electron chi connectivity index (χ4n) is 1.58. The zero-order chi connectivity index (χ0) is 12.2. The van der Waals surface area contributed by atoms with Crippen molar-refractivity contribution in [2.24, 2.45) is 5.92 Å². The van der Waals surface area contributed by atoms with Gasteiger partial charge in [-0.25, -0.2) is 0 Å². The van der Waals surface area contributed by atoms with Gasteiger partial charge in [-0.3, -0.25) is 9.78 Å². The van der Waals surface area contributed by atoms with Crippen molar-refractivity contribution >= 4 is 5.91 Å². The van der Waals surface area contributed by atoms with Crippen molar-refractivity contribution in [3.8, 4) is 0 Å². The molecule has 0 unspecified atom stereocenters. The zero-order valence-electron chi connectivity index (χ0n) is 10.4. The van der Waals surface area contributed by atoms with E-state index in [-0.39, 0.29) is 11.4 Å². The number of aromatic nitrogens is 1. The molecule has 3 heteroatoms. The van der Waals surface area contributed by atoms with E-state index in [1.54, 1.807) is 12.4 Å². The Labute approximate surface area is 97.3 Å². The smallest absolute Gasteiger partial charge is 0.220 e. The number of nitrogens with zero attached hydrogens (tertiary/aromatic N) is 1. The predicted octanol–water partition coefficient (Wildman–Crippen LogP) is 2.48. The second-order valence-electron chi connectivity index (χ2n) is 5.01. The predicted molar refractivity (Wildman–Crippen MR) is 64.9 cm³/mol. The van der Waals surface area contributed by atoms with E-state index in [9.17, 15) is 4.79 Å². The van der Waals surface area contributed by atoms with Gasteiger partial charge in [-0.2, -0.15) is 0 Å². The lowest BCUT2D eigenvalue weighted by Crippen LogP contribution is -2.41. The van der Waals surface area contributed by atoms with Crippen molar-refractivity contribution < 1.29 is 4.79 Å². The van der Waals surface area contributed by atoms with Gasteiger partial charge in [0.15, 0.2) is 0 Å². The van der Waals surface area contributed by atoms with Crippen molar-refractivity contribution in [3.05, 3.63) is 30.1 Å². The summed E-state index contributed by atoms with van der Waals surface area (Å²) >= 11 is 0. The summed E-state index contributed by atoms with van der Waals surface area (Å²) in [7, 11) is 0. The molecule has 0 radical (unpaired) electrons. The van der Waals surface area contributed by atoms with Crippen LogP contribution in [0.4, 0.5) is 0 Å². The molecule has 1 aromatic rings. The van der Waals surface area contributed by atoms with Gasteiger partial charge in [0.25, 0.3) is 0 Å². The highest BCUT2D eigenvalue weighted by Gasteiger charge is 2.22. The molecule has 3 nitrogen and oxygen atoms in total. The van der Waals surface area contributed by atoms with Crippen LogP contribution in [0.2, 0.25) is 0 Å². The van der Waals surface area contributed by atoms with Gasteiger partial charge in [0, 0.05) is 18.8 Å². The van der Waals surface area contributed by atoms with Gasteiger partial charge >= 0.3 is 0 Å². The highest BCUT2D eigenvalue weighted by Crippen LogP contribution is 2.18. The average molecular weight is 220 g/mol. The lowest BCUT2D eigenvalue weighted by atomic mass is 9.95. The Balaban J connectivity index is 2.69. The minimum atomic E-state index is -0.361. The molecule has 0 aliphatic heterocycles. The fraction of sp³-hybridized carbons (Fsp3) is 0.538. The highest BCUT2D eigenvalue weighted by atomic mass is 16.1. The Kier molecular flexibility index (Phi) is 4.05. The fourth-order valence-corrected chi connectivity index (χ4v) is 1.58. The lowest BCUT2D eigenvalue weighted by molar-refractivity contribution is -0.123. The van der Waals surface area contributed by atoms with Crippen LogP contribution < -0.4 is 5.32 Å². The molecule has 0 saturated carbocycles. The zero-order valence-corrected chi connectivity index (χ0v) is 10.4. The first-order valence-electron chi connectivity index (χ1n) is 5.63. The van der Waals surface area contributed by atoms with Gasteiger partial charge < -0.3 is 5.32 Å². The van der Waals surface area contributed by atoms with Crippen LogP contribution in [0.5, 0.6) is 0 Å². The van der Waals surface area contributed by atoms with Gasteiger partial charge in [0.05, 0.1) is 5.54 Å². The molecule has 0 aromatic carbocycles. The number of hydrogen-bond acceptors (Lipinski definition) is 2. The Hall–Kier alpha value is -1.38. The van der Waals surface area contributed by atoms with E-state index in [0.717, 1.165) is 5.56 Å². The molecule has 1 rings (SSSR count). The second kappa shape index (κ2) is 5.10. The van der Waals surface area contributed by atoms with Gasteiger partial charge in [-0.1, -0.05) is 19.9 Å². The van der Waals surface area contributed by atoms with Crippen molar-refractivity contribution in [1.29, 1.82) is 0 Å². The first-order chi connectivity index (χ1) is 7.42. The van der Waals surface area contributed by atoms with Crippen LogP contribution in [-0.4, -0.2) is 10.9 Å². The molecule has 0 atom stereocenters. The number of pyridine rings is 1. The van der Waals surface area contributed by atoms with E-state index in [1.807, 2.05) is 39.8 Å². The number of nitrogens with one attached hydrogen (secondary N) is 1. The maximum absolute atomic E-state index is 11.7. The van der Waals surface area contributed by atoms with Gasteiger partial charge in [-0.05, 0) is 31.4 Å². The first-order valence-corrected chi connectivity index (χ1v) is 5.63. The Bertz CT molecular complexity index is 344. The summed E-state index contributed by atoms with van der Waals surface area (Å²) in [6, 6.07) is 3.86. The first kappa shape index (κ1) is 12.7. The molecular weight excluding hydrogens is 200 g/mol. The van der Waals surface area contributed by atoms with Crippen LogP contribution in [0.3, 0.4) is 0 Å². The summed E-state index contributed by atoms with van der Waals surface area (Å²) in [6.07, 6.45) is 4.08. The summed E-state index contributed by atoms with van der Waals surface area (Å²) in [5.74, 6) is 0.466. The monoisotopic (exact) mass is 220 g/mol. The lowest BCUT2D eigenvalue weighted by Gasteiger charge is -2.26. The molecule has 1 N–H and O–H groups in total. The van der Waals surface area contributed by atoms with Gasteiger partial charge in [-0.15, -0.1) is 0 Å². The quantitative estimate of drug-likeness (QED) is 0.847. The number of hydrogen-bond donors (Lipinski definition) is 1. The number of rotatable bonds is 4. The summed E-state index contributed by atoms with van der Waals surface area (Å²) in [5, 5.41) is 3.02. The summed E-state index contributed by atoms with van der Waals surface area (Å²) < 4.78 is 0. The van der Waals surface area contributed by atoms with Crippen molar-refractivity contribution in [1.82, 2.24) is 10.3 Å². The molecule has 0 fully saturated rings. The molecule has 88 valence electrons. The van der Waals surface area contributed by atoms with Crippen LogP contribution in [0.15, 0.2) is 24.5 Å². The average Bonchev–Trinajstić information content (AvgIpc) is 2.16. The van der Waals surface area contributed by atoms with E-state index in [1.165, 1.54) is 0 Å². The van der Waals surface area contributed by atoms with E-state index >= 15 is 0 Å². The van der Waals surface area contributed by atoms with Gasteiger partial charge in [0.1, 0.15) is 0 Å². The van der Waals surface area contributed by atoms with Crippen molar-refractivity contribution in [2.45, 2.75) is 39.7 Å². The minimum Gasteiger partial charge on any atom is -0.347 e. The minimum absolute atomic E-state index is 0.0869. The van der Waals surface area contributed by atoms with E-state index in [2.05, 4.69) is 10.3 Å². The summed E-state index contributed by atoms with van der Waals surface area (Å²) in [5.41, 5.74) is 0.660. The van der Waals surface area contributed by atoms with E-state index in [0.29, 0.717) is 12.3 Å². The topological polar surface area (TPSA) is 42.0 Å². The molecule has 1 heterocycles. The third-order valence-electron chi connectivity index (χ3n) is 2.43. The maximum Gasteiger partial charge on any atom is 0.220 e. The Morgan fingerprint density at radius 1 is 1.50 bits per heavy atom. The molecule has 0 aliphatic rings. The van der Waals surface area contributed by atoms with Crippen molar-refractivity contribution in [2.75, 3.05) is 0 Å². The number of carbonyl (C=O) groups is 1. The standard InChI is InChI=1S/C13H20N2O/c1-10(2)8-12(16)15-13(3,4)11-6-5-7-14-9-11/h5-7,9-10H,8H2,1-4H3,(H,15,16). The molecule has 1 aromatic heterocycles. The molecule has 0 aliphatic carbocycles. The largest absolute Gasteiger partial charge is 0.347 e. The number of carbonyl (C=O) groups excluding carboxylic acids is 1. The normalized spacial score (nSPS) is 11.6. The number of amides is 1. The van der Waals surface area contributed by atoms with Crippen LogP contribution in [0.1, 0.15) is 39.7 Å². The maximum atomic E-state index is 11.7. The van der Waals surface area contributed by atoms with Crippen LogP contribution in [0, 0.1) is 5.92 Å². The van der Waals surface area contributed by atoms with Crippen LogP contribution in [0.25, 0.3) is 0 Å². The van der Waals surface area contributed by atoms with Crippen LogP contribution >= 0.6 is 0 Å². The van der Waals surface area contributed by atoms with Crippen molar-refractivity contribution in [3.63, 3.8) is 0 Å². The SMILES string of the molecule is CC(C)CC(=O)NC(C)(C)c1cccnc1. The van der Waals surface area contributed by atoms with E-state index in [4.69, 9.17) is 0 Å². The molecule has 0 saturated heterocycles. The van der Waals surface area contributed by atoms with Crippen LogP contribution in [-0.2, 0) is 10.3 Å². The third-order valence-corrected chi connectivity index (χ3v) is 2.43.